The molecule has 1 aromatic carbocycles. The quantitative estimate of drug-likeness (QED) is 0.795. The average Bonchev–Trinajstić information content (AvgIpc) is 3.38. The molecule has 2 aromatic rings. The van der Waals surface area contributed by atoms with Crippen LogP contribution in [0.5, 0.6) is 11.5 Å². The van der Waals surface area contributed by atoms with Crippen LogP contribution in [-0.2, 0) is 11.3 Å². The minimum atomic E-state index is 0.0738. The van der Waals surface area contributed by atoms with Gasteiger partial charge in [-0.25, -0.2) is 4.68 Å². The van der Waals surface area contributed by atoms with Gasteiger partial charge in [0.1, 0.15) is 5.82 Å². The summed E-state index contributed by atoms with van der Waals surface area (Å²) in [6.07, 6.45) is 6.52. The lowest BCUT2D eigenvalue weighted by atomic mass is 9.93. The zero-order valence-corrected chi connectivity index (χ0v) is 15.9. The maximum Gasteiger partial charge on any atom is 0.229 e. The number of rotatable bonds is 6. The SMILES string of the molecule is COc1ccc(Cn2nc(C)cc2NC(=O)[C@@H]2C[C@@H]3C=C[C@H]2C3)cc1OC. The number of hydrogen-bond acceptors (Lipinski definition) is 4. The van der Waals surface area contributed by atoms with E-state index in [0.717, 1.165) is 29.9 Å². The third-order valence-corrected chi connectivity index (χ3v) is 5.55. The topological polar surface area (TPSA) is 65.4 Å². The van der Waals surface area contributed by atoms with Crippen molar-refractivity contribution in [2.24, 2.45) is 17.8 Å². The number of hydrogen-bond donors (Lipinski definition) is 1. The fourth-order valence-corrected chi connectivity index (χ4v) is 4.22. The number of carbonyl (C=O) groups is 1. The molecule has 1 N–H and O–H groups in total. The number of fused-ring (bicyclic) bond motifs is 2. The number of nitrogens with zero attached hydrogens (tertiary/aromatic N) is 2. The molecule has 2 aliphatic carbocycles. The Labute approximate surface area is 159 Å². The highest BCUT2D eigenvalue weighted by Gasteiger charge is 2.40. The molecule has 0 spiro atoms. The number of ether oxygens (including phenoxy) is 2. The first kappa shape index (κ1) is 17.6. The molecule has 0 unspecified atom stereocenters. The van der Waals surface area contributed by atoms with Crippen LogP contribution in [0.2, 0.25) is 0 Å². The fraction of sp³-hybridized carbons (Fsp3) is 0.429. The third kappa shape index (κ3) is 3.44. The summed E-state index contributed by atoms with van der Waals surface area (Å²) in [5, 5.41) is 7.65. The van der Waals surface area contributed by atoms with Crippen LogP contribution in [0.3, 0.4) is 0 Å². The Balaban J connectivity index is 1.51. The molecule has 0 saturated heterocycles. The van der Waals surface area contributed by atoms with Gasteiger partial charge in [-0.3, -0.25) is 4.79 Å². The van der Waals surface area contributed by atoms with Gasteiger partial charge >= 0.3 is 0 Å². The Morgan fingerprint density at radius 1 is 1.19 bits per heavy atom. The van der Waals surface area contributed by atoms with Crippen molar-refractivity contribution >= 4 is 11.7 Å². The molecule has 1 amide bonds. The van der Waals surface area contributed by atoms with E-state index in [0.29, 0.717) is 29.9 Å². The Bertz CT molecular complexity index is 887. The minimum absolute atomic E-state index is 0.0738. The summed E-state index contributed by atoms with van der Waals surface area (Å²) in [7, 11) is 3.24. The van der Waals surface area contributed by atoms with Crippen LogP contribution in [-0.4, -0.2) is 29.9 Å². The molecular weight excluding hydrogens is 342 g/mol. The summed E-state index contributed by atoms with van der Waals surface area (Å²) >= 11 is 0. The van der Waals surface area contributed by atoms with Crippen LogP contribution in [0.1, 0.15) is 24.1 Å². The monoisotopic (exact) mass is 367 g/mol. The van der Waals surface area contributed by atoms with Crippen LogP contribution in [0.25, 0.3) is 0 Å². The van der Waals surface area contributed by atoms with Crippen LogP contribution in [0, 0.1) is 24.7 Å². The number of carbonyl (C=O) groups excluding carboxylic acids is 1. The van der Waals surface area contributed by atoms with Crippen molar-refractivity contribution < 1.29 is 14.3 Å². The Hall–Kier alpha value is -2.76. The van der Waals surface area contributed by atoms with E-state index in [9.17, 15) is 4.79 Å². The van der Waals surface area contributed by atoms with Gasteiger partial charge in [-0.05, 0) is 49.3 Å². The zero-order valence-electron chi connectivity index (χ0n) is 15.9. The van der Waals surface area contributed by atoms with Crippen molar-refractivity contribution in [2.75, 3.05) is 19.5 Å². The van der Waals surface area contributed by atoms with Crippen molar-refractivity contribution in [3.63, 3.8) is 0 Å². The lowest BCUT2D eigenvalue weighted by molar-refractivity contribution is -0.120. The van der Waals surface area contributed by atoms with Crippen LogP contribution in [0.15, 0.2) is 36.4 Å². The first-order valence-electron chi connectivity index (χ1n) is 9.32. The predicted octanol–water partition coefficient (Wildman–Crippen LogP) is 3.41. The molecule has 0 radical (unpaired) electrons. The number of aryl methyl sites for hydroxylation is 1. The van der Waals surface area contributed by atoms with Crippen LogP contribution in [0.4, 0.5) is 5.82 Å². The molecule has 2 aliphatic rings. The number of benzene rings is 1. The fourth-order valence-electron chi connectivity index (χ4n) is 4.22. The summed E-state index contributed by atoms with van der Waals surface area (Å²) in [5.74, 6) is 3.24. The lowest BCUT2D eigenvalue weighted by Gasteiger charge is -2.18. The highest BCUT2D eigenvalue weighted by Crippen LogP contribution is 2.43. The zero-order chi connectivity index (χ0) is 19.0. The third-order valence-electron chi connectivity index (χ3n) is 5.55. The van der Waals surface area contributed by atoms with E-state index in [-0.39, 0.29) is 11.8 Å². The molecule has 3 atom stereocenters. The highest BCUT2D eigenvalue weighted by molar-refractivity contribution is 5.92. The van der Waals surface area contributed by atoms with E-state index in [1.807, 2.05) is 35.9 Å². The molecular formula is C21H25N3O3. The van der Waals surface area contributed by atoms with Crippen molar-refractivity contribution in [3.05, 3.63) is 47.7 Å². The van der Waals surface area contributed by atoms with Gasteiger partial charge in [0.25, 0.3) is 0 Å². The number of aromatic nitrogens is 2. The van der Waals surface area contributed by atoms with Gasteiger partial charge in [-0.2, -0.15) is 5.10 Å². The predicted molar refractivity (Wildman–Crippen MR) is 103 cm³/mol. The number of methoxy groups -OCH3 is 2. The second-order valence-corrected chi connectivity index (χ2v) is 7.39. The van der Waals surface area contributed by atoms with E-state index in [1.54, 1.807) is 14.2 Å². The van der Waals surface area contributed by atoms with Gasteiger partial charge in [0.2, 0.25) is 5.91 Å². The number of anilines is 1. The van der Waals surface area contributed by atoms with Gasteiger partial charge < -0.3 is 14.8 Å². The first-order chi connectivity index (χ1) is 13.1. The summed E-state index contributed by atoms with van der Waals surface area (Å²) in [6, 6.07) is 7.71. The number of allylic oxidation sites excluding steroid dienone is 2. The molecule has 1 aromatic heterocycles. The van der Waals surface area contributed by atoms with Gasteiger partial charge in [-0.1, -0.05) is 18.2 Å². The van der Waals surface area contributed by atoms with Gasteiger partial charge in [0, 0.05) is 12.0 Å². The maximum atomic E-state index is 12.8. The average molecular weight is 367 g/mol. The molecule has 142 valence electrons. The van der Waals surface area contributed by atoms with Crippen molar-refractivity contribution in [1.82, 2.24) is 9.78 Å². The molecule has 27 heavy (non-hydrogen) atoms. The molecule has 6 nitrogen and oxygen atoms in total. The first-order valence-corrected chi connectivity index (χ1v) is 9.32. The van der Waals surface area contributed by atoms with Crippen molar-refractivity contribution in [2.45, 2.75) is 26.3 Å². The van der Waals surface area contributed by atoms with Crippen LogP contribution < -0.4 is 14.8 Å². The van der Waals surface area contributed by atoms with Gasteiger partial charge in [0.15, 0.2) is 11.5 Å². The van der Waals surface area contributed by atoms with E-state index in [2.05, 4.69) is 22.6 Å². The van der Waals surface area contributed by atoms with E-state index < -0.39 is 0 Å². The molecule has 0 aliphatic heterocycles. The van der Waals surface area contributed by atoms with Crippen molar-refractivity contribution in [3.8, 4) is 11.5 Å². The largest absolute Gasteiger partial charge is 0.493 e. The summed E-state index contributed by atoms with van der Waals surface area (Å²) in [4.78, 5) is 12.8. The molecule has 2 bridgehead atoms. The normalized spacial score (nSPS) is 22.9. The molecule has 6 heteroatoms. The number of amides is 1. The van der Waals surface area contributed by atoms with Gasteiger partial charge in [0.05, 0.1) is 26.5 Å². The van der Waals surface area contributed by atoms with E-state index in [4.69, 9.17) is 9.47 Å². The Morgan fingerprint density at radius 3 is 2.67 bits per heavy atom. The Kier molecular flexibility index (Phi) is 4.64. The molecule has 1 fully saturated rings. The second-order valence-electron chi connectivity index (χ2n) is 7.39. The van der Waals surface area contributed by atoms with E-state index in [1.165, 1.54) is 0 Å². The van der Waals surface area contributed by atoms with E-state index >= 15 is 0 Å². The van der Waals surface area contributed by atoms with Gasteiger partial charge in [-0.15, -0.1) is 0 Å². The lowest BCUT2D eigenvalue weighted by Crippen LogP contribution is -2.27. The number of nitrogens with one attached hydrogen (secondary N) is 1. The summed E-state index contributed by atoms with van der Waals surface area (Å²) in [6.45, 7) is 2.47. The standard InChI is InChI=1S/C21H25N3O3/c1-13-8-20(22-21(25)17-10-14-4-6-16(17)9-14)24(23-13)12-15-5-7-18(26-2)19(11-15)27-3/h4-8,11,14,16-17H,9-10,12H2,1-3H3,(H,22,25)/t14-,16+,17-/m1/s1. The summed E-state index contributed by atoms with van der Waals surface area (Å²) in [5.41, 5.74) is 1.90. The van der Waals surface area contributed by atoms with Crippen molar-refractivity contribution in [1.29, 1.82) is 0 Å². The second kappa shape index (κ2) is 7.10. The molecule has 1 heterocycles. The highest BCUT2D eigenvalue weighted by atomic mass is 16.5. The van der Waals surface area contributed by atoms with Crippen LogP contribution >= 0.6 is 0 Å². The maximum absolute atomic E-state index is 12.8. The molecule has 1 saturated carbocycles. The minimum Gasteiger partial charge on any atom is -0.493 e. The summed E-state index contributed by atoms with van der Waals surface area (Å²) < 4.78 is 12.5. The molecule has 4 rings (SSSR count). The smallest absolute Gasteiger partial charge is 0.229 e. The Morgan fingerprint density at radius 2 is 2.00 bits per heavy atom.